The van der Waals surface area contributed by atoms with Gasteiger partial charge in [0.15, 0.2) is 5.82 Å². The Morgan fingerprint density at radius 3 is 2.51 bits per heavy atom. The molecule has 3 N–H and O–H groups in total. The number of benzene rings is 1. The summed E-state index contributed by atoms with van der Waals surface area (Å²) in [4.78, 5) is 40.5. The molecule has 5 aliphatic rings. The average molecular weight is 560 g/mol. The van der Waals surface area contributed by atoms with Crippen LogP contribution in [-0.2, 0) is 4.79 Å². The second kappa shape index (κ2) is 10.5. The zero-order valence-corrected chi connectivity index (χ0v) is 24.1. The van der Waals surface area contributed by atoms with Crippen molar-refractivity contribution >= 4 is 35.0 Å². The van der Waals surface area contributed by atoms with Gasteiger partial charge in [0, 0.05) is 36.3 Å². The summed E-state index contributed by atoms with van der Waals surface area (Å²) in [5.41, 5.74) is 1.63. The molecule has 0 unspecified atom stereocenters. The van der Waals surface area contributed by atoms with Gasteiger partial charge in [-0.3, -0.25) is 9.59 Å². The molecule has 10 heteroatoms. The Labute approximate surface area is 241 Å². The number of hydrogen-bond donors (Lipinski definition) is 3. The molecule has 7 rings (SSSR count). The van der Waals surface area contributed by atoms with Crippen LogP contribution < -0.4 is 25.6 Å². The largest absolute Gasteiger partial charge is 0.495 e. The van der Waals surface area contributed by atoms with E-state index in [2.05, 4.69) is 37.8 Å². The molecule has 2 amide bonds. The van der Waals surface area contributed by atoms with Crippen LogP contribution in [-0.4, -0.2) is 71.6 Å². The van der Waals surface area contributed by atoms with Crippen LogP contribution in [0.15, 0.2) is 24.4 Å². The van der Waals surface area contributed by atoms with Crippen LogP contribution in [0.1, 0.15) is 81.0 Å². The van der Waals surface area contributed by atoms with Crippen molar-refractivity contribution in [2.24, 2.45) is 5.41 Å². The van der Waals surface area contributed by atoms with Gasteiger partial charge in [-0.05, 0) is 76.6 Å². The zero-order chi connectivity index (χ0) is 28.1. The van der Waals surface area contributed by atoms with Crippen molar-refractivity contribution in [2.75, 3.05) is 36.2 Å². The summed E-state index contributed by atoms with van der Waals surface area (Å²) >= 11 is 0. The predicted molar refractivity (Wildman–Crippen MR) is 158 cm³/mol. The SMILES string of the molecule is COc1cc(C(=O)N[C@H]2C[C@H]3CCC[C@@H](C2)N3C)ccc1Nc1ncc2c(n1)N(C1CCCC1)CC1(CC1)C(=O)N2. The first kappa shape index (κ1) is 26.5. The molecular weight excluding hydrogens is 518 g/mol. The van der Waals surface area contributed by atoms with Gasteiger partial charge in [-0.15, -0.1) is 0 Å². The molecule has 2 saturated heterocycles. The average Bonchev–Trinajstić information content (AvgIpc) is 3.58. The summed E-state index contributed by atoms with van der Waals surface area (Å²) < 4.78 is 5.69. The van der Waals surface area contributed by atoms with Crippen LogP contribution >= 0.6 is 0 Å². The normalized spacial score (nSPS) is 27.1. The number of piperidine rings is 2. The van der Waals surface area contributed by atoms with Crippen molar-refractivity contribution in [1.29, 1.82) is 0 Å². The molecule has 218 valence electrons. The molecular formula is C31H41N7O3. The highest BCUT2D eigenvalue weighted by molar-refractivity contribution is 6.01. The van der Waals surface area contributed by atoms with Gasteiger partial charge in [0.2, 0.25) is 11.9 Å². The molecule has 2 aromatic rings. The highest BCUT2D eigenvalue weighted by Gasteiger charge is 2.53. The summed E-state index contributed by atoms with van der Waals surface area (Å²) in [6.07, 6.45) is 13.9. The fourth-order valence-electron chi connectivity index (χ4n) is 7.58. The molecule has 3 atom stereocenters. The first-order valence-electron chi connectivity index (χ1n) is 15.4. The number of carbonyl (C=O) groups excluding carboxylic acids is 2. The van der Waals surface area contributed by atoms with E-state index in [1.54, 1.807) is 19.4 Å². The van der Waals surface area contributed by atoms with E-state index in [-0.39, 0.29) is 23.3 Å². The van der Waals surface area contributed by atoms with E-state index in [0.29, 0.717) is 53.3 Å². The molecule has 10 nitrogen and oxygen atoms in total. The molecule has 1 aromatic heterocycles. The molecule has 4 heterocycles. The minimum atomic E-state index is -0.303. The Kier molecular flexibility index (Phi) is 6.76. The monoisotopic (exact) mass is 559 g/mol. The van der Waals surface area contributed by atoms with Gasteiger partial charge in [0.25, 0.3) is 5.91 Å². The maximum absolute atomic E-state index is 13.2. The van der Waals surface area contributed by atoms with E-state index >= 15 is 0 Å². The summed E-state index contributed by atoms with van der Waals surface area (Å²) in [6.45, 7) is 0.707. The van der Waals surface area contributed by atoms with E-state index in [1.165, 1.54) is 32.1 Å². The number of nitrogens with one attached hydrogen (secondary N) is 3. The van der Waals surface area contributed by atoms with Crippen molar-refractivity contribution in [3.05, 3.63) is 30.0 Å². The highest BCUT2D eigenvalue weighted by atomic mass is 16.5. The lowest BCUT2D eigenvalue weighted by Gasteiger charge is -2.47. The maximum atomic E-state index is 13.2. The smallest absolute Gasteiger partial charge is 0.251 e. The van der Waals surface area contributed by atoms with E-state index in [4.69, 9.17) is 9.72 Å². The van der Waals surface area contributed by atoms with Crippen molar-refractivity contribution in [1.82, 2.24) is 20.2 Å². The number of anilines is 4. The number of rotatable bonds is 6. The standard InChI is InChI=1S/C31H41N7O3/c1-37-22-8-5-9-23(37)16-20(15-22)33-28(39)19-10-11-24(26(14-19)41-2)35-30-32-17-25-27(36-30)38(21-6-3-4-7-21)18-31(12-13-31)29(40)34-25/h10-11,14,17,20-23H,3-9,12-13,15-16,18H2,1-2H3,(H,33,39)(H,34,40)(H,32,35,36)/t20-,22+,23-. The molecule has 4 fully saturated rings. The van der Waals surface area contributed by atoms with Crippen LogP contribution in [0.2, 0.25) is 0 Å². The van der Waals surface area contributed by atoms with Crippen molar-refractivity contribution in [3.63, 3.8) is 0 Å². The van der Waals surface area contributed by atoms with Gasteiger partial charge in [0.05, 0.1) is 24.4 Å². The lowest BCUT2D eigenvalue weighted by atomic mass is 9.82. The van der Waals surface area contributed by atoms with Crippen LogP contribution in [0.4, 0.5) is 23.1 Å². The topological polar surface area (TPSA) is 112 Å². The van der Waals surface area contributed by atoms with Crippen molar-refractivity contribution in [2.45, 2.75) is 94.8 Å². The summed E-state index contributed by atoms with van der Waals surface area (Å²) in [7, 11) is 3.83. The Morgan fingerprint density at radius 1 is 1.07 bits per heavy atom. The van der Waals surface area contributed by atoms with E-state index in [9.17, 15) is 9.59 Å². The van der Waals surface area contributed by atoms with Crippen LogP contribution in [0.5, 0.6) is 5.75 Å². The number of hydrogen-bond acceptors (Lipinski definition) is 8. The minimum Gasteiger partial charge on any atom is -0.495 e. The highest BCUT2D eigenvalue weighted by Crippen LogP contribution is 2.51. The molecule has 2 bridgehead atoms. The number of methoxy groups -OCH3 is 1. The van der Waals surface area contributed by atoms with E-state index in [0.717, 1.165) is 44.3 Å². The quantitative estimate of drug-likeness (QED) is 0.476. The third-order valence-electron chi connectivity index (χ3n) is 10.2. The van der Waals surface area contributed by atoms with Crippen LogP contribution in [0.3, 0.4) is 0 Å². The Bertz CT molecular complexity index is 1320. The summed E-state index contributed by atoms with van der Waals surface area (Å²) in [5.74, 6) is 1.78. The third-order valence-corrected chi connectivity index (χ3v) is 10.2. The number of carbonyl (C=O) groups is 2. The molecule has 3 aliphatic heterocycles. The van der Waals surface area contributed by atoms with Crippen LogP contribution in [0, 0.1) is 5.41 Å². The van der Waals surface area contributed by atoms with Crippen molar-refractivity contribution < 1.29 is 14.3 Å². The maximum Gasteiger partial charge on any atom is 0.251 e. The van der Waals surface area contributed by atoms with Gasteiger partial charge < -0.3 is 30.5 Å². The molecule has 0 radical (unpaired) electrons. The number of amides is 2. The molecule has 41 heavy (non-hydrogen) atoms. The number of aromatic nitrogens is 2. The minimum absolute atomic E-state index is 0.0688. The molecule has 1 spiro atoms. The van der Waals surface area contributed by atoms with Crippen molar-refractivity contribution in [3.8, 4) is 5.75 Å². The second-order valence-electron chi connectivity index (χ2n) is 12.8. The Morgan fingerprint density at radius 2 is 1.80 bits per heavy atom. The lowest BCUT2D eigenvalue weighted by Crippen LogP contribution is -2.55. The fourth-order valence-corrected chi connectivity index (χ4v) is 7.58. The van der Waals surface area contributed by atoms with Gasteiger partial charge in [-0.25, -0.2) is 4.98 Å². The Balaban J connectivity index is 1.09. The van der Waals surface area contributed by atoms with Gasteiger partial charge >= 0.3 is 0 Å². The summed E-state index contributed by atoms with van der Waals surface area (Å²) in [6, 6.07) is 7.15. The van der Waals surface area contributed by atoms with Gasteiger partial charge in [-0.1, -0.05) is 19.3 Å². The molecule has 2 saturated carbocycles. The first-order chi connectivity index (χ1) is 19.9. The lowest BCUT2D eigenvalue weighted by molar-refractivity contribution is -0.120. The molecule has 2 aliphatic carbocycles. The number of nitrogens with zero attached hydrogens (tertiary/aromatic N) is 4. The zero-order valence-electron chi connectivity index (χ0n) is 24.1. The third kappa shape index (κ3) is 5.00. The first-order valence-corrected chi connectivity index (χ1v) is 15.4. The number of fused-ring (bicyclic) bond motifs is 3. The molecule has 1 aromatic carbocycles. The van der Waals surface area contributed by atoms with E-state index < -0.39 is 0 Å². The van der Waals surface area contributed by atoms with Gasteiger partial charge in [0.1, 0.15) is 11.4 Å². The van der Waals surface area contributed by atoms with Gasteiger partial charge in [-0.2, -0.15) is 4.98 Å². The Hall–Kier alpha value is -3.40. The second-order valence-corrected chi connectivity index (χ2v) is 12.8. The predicted octanol–water partition coefficient (Wildman–Crippen LogP) is 4.46. The van der Waals surface area contributed by atoms with E-state index in [1.807, 2.05) is 12.1 Å². The summed E-state index contributed by atoms with van der Waals surface area (Å²) in [5, 5.41) is 9.70. The van der Waals surface area contributed by atoms with Crippen LogP contribution in [0.25, 0.3) is 0 Å². The fraction of sp³-hybridized carbons (Fsp3) is 0.613. The number of ether oxygens (including phenoxy) is 1.